The van der Waals surface area contributed by atoms with Crippen LogP contribution in [0, 0.1) is 0 Å². The molecule has 0 aliphatic heterocycles. The highest BCUT2D eigenvalue weighted by molar-refractivity contribution is 7.86. The van der Waals surface area contributed by atoms with Crippen LogP contribution in [0.4, 0.5) is 0 Å². The maximum Gasteiger partial charge on any atom is 0.264 e. The molecule has 0 saturated heterocycles. The van der Waals surface area contributed by atoms with Crippen molar-refractivity contribution in [2.75, 3.05) is 66.0 Å². The molecule has 0 saturated carbocycles. The standard InChI is InChI=1S/C13H30N2O6S2/c1-14(2)8-5-9-15(10-6-12-20-22(3,16)17)11-7-13-21-23(4,18)19/h5-13H2,1-4H3. The van der Waals surface area contributed by atoms with Gasteiger partial charge in [-0.1, -0.05) is 0 Å². The molecule has 10 heteroatoms. The van der Waals surface area contributed by atoms with Crippen molar-refractivity contribution in [3.05, 3.63) is 0 Å². The first-order valence-corrected chi connectivity index (χ1v) is 11.2. The molecule has 0 fully saturated rings. The molecule has 23 heavy (non-hydrogen) atoms. The number of nitrogens with zero attached hydrogens (tertiary/aromatic N) is 2. The van der Waals surface area contributed by atoms with Crippen LogP contribution in [-0.2, 0) is 28.6 Å². The highest BCUT2D eigenvalue weighted by Gasteiger charge is 2.08. The molecule has 0 heterocycles. The molecule has 140 valence electrons. The van der Waals surface area contributed by atoms with E-state index in [9.17, 15) is 16.8 Å². The summed E-state index contributed by atoms with van der Waals surface area (Å²) in [6, 6.07) is 0. The summed E-state index contributed by atoms with van der Waals surface area (Å²) in [5.41, 5.74) is 0. The molecule has 0 radical (unpaired) electrons. The quantitative estimate of drug-likeness (QED) is 0.309. The molecule has 0 aliphatic carbocycles. The summed E-state index contributed by atoms with van der Waals surface area (Å²) < 4.78 is 53.1. The predicted molar refractivity (Wildman–Crippen MR) is 90.4 cm³/mol. The van der Waals surface area contributed by atoms with E-state index in [4.69, 9.17) is 8.37 Å². The lowest BCUT2D eigenvalue weighted by atomic mass is 10.3. The van der Waals surface area contributed by atoms with Gasteiger partial charge in [-0.2, -0.15) is 16.8 Å². The molecule has 0 rings (SSSR count). The van der Waals surface area contributed by atoms with Crippen molar-refractivity contribution >= 4 is 20.2 Å². The van der Waals surface area contributed by atoms with E-state index in [1.54, 1.807) is 0 Å². The highest BCUT2D eigenvalue weighted by atomic mass is 32.2. The average Bonchev–Trinajstić information content (AvgIpc) is 2.36. The molecule has 0 atom stereocenters. The van der Waals surface area contributed by atoms with E-state index in [1.807, 2.05) is 14.1 Å². The molecular weight excluding hydrogens is 344 g/mol. The van der Waals surface area contributed by atoms with Crippen LogP contribution in [0.15, 0.2) is 0 Å². The largest absolute Gasteiger partial charge is 0.309 e. The van der Waals surface area contributed by atoms with E-state index in [1.165, 1.54) is 0 Å². The van der Waals surface area contributed by atoms with Gasteiger partial charge < -0.3 is 9.80 Å². The fraction of sp³-hybridized carbons (Fsp3) is 1.00. The molecule has 8 nitrogen and oxygen atoms in total. The number of hydrogen-bond donors (Lipinski definition) is 0. The van der Waals surface area contributed by atoms with Gasteiger partial charge in [0, 0.05) is 13.1 Å². The van der Waals surface area contributed by atoms with Crippen LogP contribution in [0.1, 0.15) is 19.3 Å². The van der Waals surface area contributed by atoms with Gasteiger partial charge >= 0.3 is 0 Å². The van der Waals surface area contributed by atoms with Crippen LogP contribution >= 0.6 is 0 Å². The molecule has 0 unspecified atom stereocenters. The fourth-order valence-electron chi connectivity index (χ4n) is 1.94. The van der Waals surface area contributed by atoms with E-state index in [0.717, 1.165) is 32.0 Å². The molecule has 0 amide bonds. The average molecular weight is 375 g/mol. The maximum atomic E-state index is 10.9. The molecule has 0 aromatic rings. The lowest BCUT2D eigenvalue weighted by Gasteiger charge is -2.23. The number of rotatable bonds is 14. The van der Waals surface area contributed by atoms with Crippen LogP contribution in [-0.4, -0.2) is 92.6 Å². The third kappa shape index (κ3) is 17.9. The minimum atomic E-state index is -3.40. The van der Waals surface area contributed by atoms with Crippen molar-refractivity contribution in [3.8, 4) is 0 Å². The lowest BCUT2D eigenvalue weighted by molar-refractivity contribution is 0.209. The van der Waals surface area contributed by atoms with Gasteiger partial charge in [-0.25, -0.2) is 0 Å². The van der Waals surface area contributed by atoms with Gasteiger partial charge in [-0.15, -0.1) is 0 Å². The van der Waals surface area contributed by atoms with Crippen molar-refractivity contribution in [2.45, 2.75) is 19.3 Å². The Kier molecular flexibility index (Phi) is 11.2. The Balaban J connectivity index is 4.11. The van der Waals surface area contributed by atoms with Crippen LogP contribution in [0.3, 0.4) is 0 Å². The predicted octanol–water partition coefficient (Wildman–Crippen LogP) is -0.0273. The SMILES string of the molecule is CN(C)CCCN(CCCOS(C)(=O)=O)CCCOS(C)(=O)=O. The summed E-state index contributed by atoms with van der Waals surface area (Å²) in [5, 5.41) is 0. The Labute approximate surface area is 141 Å². The van der Waals surface area contributed by atoms with Crippen molar-refractivity contribution in [2.24, 2.45) is 0 Å². The van der Waals surface area contributed by atoms with Gasteiger partial charge in [0.25, 0.3) is 20.2 Å². The topological polar surface area (TPSA) is 93.2 Å². The van der Waals surface area contributed by atoms with Crippen molar-refractivity contribution in [1.29, 1.82) is 0 Å². The Bertz CT molecular complexity index is 465. The Morgan fingerprint density at radius 2 is 1.09 bits per heavy atom. The van der Waals surface area contributed by atoms with E-state index in [2.05, 4.69) is 9.80 Å². The van der Waals surface area contributed by atoms with Crippen molar-refractivity contribution in [3.63, 3.8) is 0 Å². The van der Waals surface area contributed by atoms with Gasteiger partial charge in [-0.05, 0) is 46.4 Å². The molecular formula is C13H30N2O6S2. The fourth-order valence-corrected chi connectivity index (χ4v) is 2.78. The zero-order chi connectivity index (χ0) is 17.9. The van der Waals surface area contributed by atoms with E-state index in [0.29, 0.717) is 25.9 Å². The molecule has 0 spiro atoms. The first kappa shape index (κ1) is 22.7. The minimum absolute atomic E-state index is 0.156. The zero-order valence-corrected chi connectivity index (χ0v) is 16.2. The normalized spacial score (nSPS) is 13.1. The summed E-state index contributed by atoms with van der Waals surface area (Å²) >= 11 is 0. The summed E-state index contributed by atoms with van der Waals surface area (Å²) in [5.74, 6) is 0. The van der Waals surface area contributed by atoms with Gasteiger partial charge in [-0.3, -0.25) is 8.37 Å². The second-order valence-corrected chi connectivity index (χ2v) is 9.05. The molecule has 0 aromatic heterocycles. The Hall–Kier alpha value is -0.260. The third-order valence-electron chi connectivity index (χ3n) is 2.91. The highest BCUT2D eigenvalue weighted by Crippen LogP contribution is 2.00. The summed E-state index contributed by atoms with van der Waals surface area (Å²) in [6.07, 6.45) is 4.24. The van der Waals surface area contributed by atoms with E-state index >= 15 is 0 Å². The zero-order valence-electron chi connectivity index (χ0n) is 14.5. The lowest BCUT2D eigenvalue weighted by Crippen LogP contribution is -2.31. The van der Waals surface area contributed by atoms with Crippen LogP contribution in [0.2, 0.25) is 0 Å². The maximum absolute atomic E-state index is 10.9. The second kappa shape index (κ2) is 11.3. The van der Waals surface area contributed by atoms with E-state index < -0.39 is 20.2 Å². The first-order valence-electron chi connectivity index (χ1n) is 7.55. The van der Waals surface area contributed by atoms with Crippen LogP contribution in [0.5, 0.6) is 0 Å². The Morgan fingerprint density at radius 1 is 0.696 bits per heavy atom. The Morgan fingerprint density at radius 3 is 1.43 bits per heavy atom. The third-order valence-corrected chi connectivity index (χ3v) is 4.10. The molecule has 0 aliphatic rings. The van der Waals surface area contributed by atoms with Crippen molar-refractivity contribution < 1.29 is 25.2 Å². The smallest absolute Gasteiger partial charge is 0.264 e. The van der Waals surface area contributed by atoms with Crippen LogP contribution in [0.25, 0.3) is 0 Å². The number of hydrogen-bond acceptors (Lipinski definition) is 8. The first-order chi connectivity index (χ1) is 10.5. The molecule has 0 bridgehead atoms. The minimum Gasteiger partial charge on any atom is -0.309 e. The summed E-state index contributed by atoms with van der Waals surface area (Å²) in [7, 11) is -2.79. The molecule has 0 aromatic carbocycles. The van der Waals surface area contributed by atoms with Gasteiger partial charge in [0.15, 0.2) is 0 Å². The second-order valence-electron chi connectivity index (χ2n) is 5.76. The summed E-state index contributed by atoms with van der Waals surface area (Å²) in [6.45, 7) is 3.52. The van der Waals surface area contributed by atoms with Gasteiger partial charge in [0.05, 0.1) is 25.7 Å². The summed E-state index contributed by atoms with van der Waals surface area (Å²) in [4.78, 5) is 4.26. The monoisotopic (exact) mass is 374 g/mol. The molecule has 0 N–H and O–H groups in total. The van der Waals surface area contributed by atoms with Crippen molar-refractivity contribution in [1.82, 2.24) is 9.80 Å². The van der Waals surface area contributed by atoms with Crippen LogP contribution < -0.4 is 0 Å². The van der Waals surface area contributed by atoms with Gasteiger partial charge in [0.1, 0.15) is 0 Å². The van der Waals surface area contributed by atoms with Gasteiger partial charge in [0.2, 0.25) is 0 Å². The van der Waals surface area contributed by atoms with E-state index in [-0.39, 0.29) is 13.2 Å².